The van der Waals surface area contributed by atoms with Crippen LogP contribution in [-0.4, -0.2) is 28.9 Å². The third kappa shape index (κ3) is 10.9. The molecule has 19 heavy (non-hydrogen) atoms. The Kier molecular flexibility index (Phi) is 8.97. The van der Waals surface area contributed by atoms with E-state index in [1.165, 1.54) is 0 Å². The second-order valence-electron chi connectivity index (χ2n) is 4.90. The Balaban J connectivity index is 3.74. The van der Waals surface area contributed by atoms with Gasteiger partial charge in [-0.05, 0) is 31.6 Å². The quantitative estimate of drug-likeness (QED) is 0.272. The summed E-state index contributed by atoms with van der Waals surface area (Å²) in [6.07, 6.45) is 2.09. The molecule has 114 valence electrons. The maximum Gasteiger partial charge on any atom is 0.328 e. The van der Waals surface area contributed by atoms with Crippen LogP contribution in [0.4, 0.5) is 0 Å². The van der Waals surface area contributed by atoms with E-state index >= 15 is 0 Å². The highest BCUT2D eigenvalue weighted by Gasteiger charge is 2.20. The fraction of sp³-hybridized carbons (Fsp3) is 1.00. The molecule has 0 aliphatic carbocycles. The lowest BCUT2D eigenvalue weighted by Crippen LogP contribution is -2.16. The summed E-state index contributed by atoms with van der Waals surface area (Å²) >= 11 is 0. The average Bonchev–Trinajstić information content (AvgIpc) is 2.24. The lowest BCUT2D eigenvalue weighted by atomic mass is 10.1. The van der Waals surface area contributed by atoms with Crippen LogP contribution in [0.5, 0.6) is 0 Å². The fourth-order valence-electron chi connectivity index (χ4n) is 1.65. The van der Waals surface area contributed by atoms with Gasteiger partial charge in [-0.15, -0.1) is 10.1 Å². The first-order chi connectivity index (χ1) is 8.76. The average molecular weight is 297 g/mol. The van der Waals surface area contributed by atoms with Crippen molar-refractivity contribution in [2.45, 2.75) is 52.6 Å². The minimum Gasteiger partial charge on any atom is -0.324 e. The van der Waals surface area contributed by atoms with Gasteiger partial charge in [0.15, 0.2) is 0 Å². The lowest BCUT2D eigenvalue weighted by molar-refractivity contribution is -0.768. The largest absolute Gasteiger partial charge is 0.328 e. The zero-order chi connectivity index (χ0) is 14.9. The summed E-state index contributed by atoms with van der Waals surface area (Å²) < 4.78 is 16.5. The zero-order valence-corrected chi connectivity index (χ0v) is 12.7. The third-order valence-corrected chi connectivity index (χ3v) is 4.28. The smallest absolute Gasteiger partial charge is 0.324 e. The van der Waals surface area contributed by atoms with Gasteiger partial charge >= 0.3 is 7.60 Å². The molecule has 0 amide bonds. The summed E-state index contributed by atoms with van der Waals surface area (Å²) in [5.74, 6) is 0.105. The van der Waals surface area contributed by atoms with Crippen LogP contribution in [0.1, 0.15) is 46.5 Å². The van der Waals surface area contributed by atoms with Crippen LogP contribution < -0.4 is 0 Å². The minimum atomic E-state index is -3.48. The van der Waals surface area contributed by atoms with E-state index in [4.69, 9.17) is 4.52 Å². The molecule has 0 rings (SSSR count). The molecule has 0 aromatic heterocycles. The first-order valence-corrected chi connectivity index (χ1v) is 8.30. The maximum atomic E-state index is 11.5. The van der Waals surface area contributed by atoms with Crippen molar-refractivity contribution in [3.63, 3.8) is 0 Å². The predicted molar refractivity (Wildman–Crippen MR) is 71.5 cm³/mol. The van der Waals surface area contributed by atoms with Gasteiger partial charge in [-0.1, -0.05) is 20.8 Å². The van der Waals surface area contributed by atoms with Crippen molar-refractivity contribution in [3.8, 4) is 0 Å². The fourth-order valence-corrected chi connectivity index (χ4v) is 3.09. The second-order valence-corrected chi connectivity index (χ2v) is 6.80. The molecule has 8 heteroatoms. The van der Waals surface area contributed by atoms with Crippen molar-refractivity contribution < 1.29 is 23.9 Å². The summed E-state index contributed by atoms with van der Waals surface area (Å²) in [6, 6.07) is 0. The van der Waals surface area contributed by atoms with Crippen LogP contribution in [0.25, 0.3) is 0 Å². The first kappa shape index (κ1) is 18.4. The van der Waals surface area contributed by atoms with Gasteiger partial charge in [0.05, 0.1) is 12.8 Å². The number of hydrogen-bond acceptors (Lipinski definition) is 5. The van der Waals surface area contributed by atoms with E-state index in [0.29, 0.717) is 25.7 Å². The van der Waals surface area contributed by atoms with E-state index in [1.54, 1.807) is 0 Å². The van der Waals surface area contributed by atoms with Gasteiger partial charge in [0, 0.05) is 0 Å². The Hall–Kier alpha value is -0.650. The van der Waals surface area contributed by atoms with Crippen molar-refractivity contribution in [3.05, 3.63) is 10.1 Å². The van der Waals surface area contributed by atoms with E-state index in [9.17, 15) is 19.6 Å². The summed E-state index contributed by atoms with van der Waals surface area (Å²) in [5.41, 5.74) is 0. The van der Waals surface area contributed by atoms with Crippen molar-refractivity contribution >= 4 is 7.60 Å². The van der Waals surface area contributed by atoms with Gasteiger partial charge in [-0.3, -0.25) is 4.57 Å². The van der Waals surface area contributed by atoms with Crippen LogP contribution in [0.15, 0.2) is 0 Å². The molecule has 0 aromatic carbocycles. The van der Waals surface area contributed by atoms with E-state index in [2.05, 4.69) is 4.84 Å². The second kappa shape index (κ2) is 9.28. The van der Waals surface area contributed by atoms with Crippen LogP contribution in [0.3, 0.4) is 0 Å². The Morgan fingerprint density at radius 3 is 2.47 bits per heavy atom. The summed E-state index contributed by atoms with van der Waals surface area (Å²) in [6.45, 7) is 5.71. The molecule has 0 aromatic rings. The van der Waals surface area contributed by atoms with Gasteiger partial charge in [0.25, 0.3) is 5.09 Å². The molecule has 0 fully saturated rings. The molecule has 7 nitrogen and oxygen atoms in total. The Morgan fingerprint density at radius 2 is 2.00 bits per heavy atom. The Labute approximate surface area is 113 Å². The SMILES string of the molecule is CC[C@H](CCCCOP(=O)(O)CC(C)C)O[N+](=O)[O-]. The molecule has 1 unspecified atom stereocenters. The molecule has 2 atom stereocenters. The van der Waals surface area contributed by atoms with Gasteiger partial charge in [-0.25, -0.2) is 0 Å². The summed E-state index contributed by atoms with van der Waals surface area (Å²) in [5, 5.41) is 9.40. The highest BCUT2D eigenvalue weighted by Crippen LogP contribution is 2.43. The number of nitrogens with zero attached hydrogens (tertiary/aromatic N) is 1. The predicted octanol–water partition coefficient (Wildman–Crippen LogP) is 3.00. The monoisotopic (exact) mass is 297 g/mol. The first-order valence-electron chi connectivity index (χ1n) is 6.54. The van der Waals surface area contributed by atoms with Crippen LogP contribution in [-0.2, 0) is 13.9 Å². The lowest BCUT2D eigenvalue weighted by Gasteiger charge is -2.15. The number of rotatable bonds is 11. The van der Waals surface area contributed by atoms with Crippen molar-refractivity contribution in [2.24, 2.45) is 5.92 Å². The molecular formula is C11H24NO6P. The molecule has 0 spiro atoms. The summed E-state index contributed by atoms with van der Waals surface area (Å²) in [7, 11) is -3.48. The van der Waals surface area contributed by atoms with E-state index in [1.807, 2.05) is 20.8 Å². The molecule has 0 saturated heterocycles. The molecule has 0 heterocycles. The normalized spacial score (nSPS) is 16.1. The molecular weight excluding hydrogens is 273 g/mol. The van der Waals surface area contributed by atoms with Crippen LogP contribution >= 0.6 is 7.60 Å². The molecule has 0 aliphatic rings. The molecule has 0 saturated carbocycles. The van der Waals surface area contributed by atoms with Crippen molar-refractivity contribution in [2.75, 3.05) is 12.8 Å². The topological polar surface area (TPSA) is 98.9 Å². The summed E-state index contributed by atoms with van der Waals surface area (Å²) in [4.78, 5) is 24.1. The Morgan fingerprint density at radius 1 is 1.37 bits per heavy atom. The molecule has 0 aliphatic heterocycles. The molecule has 1 N–H and O–H groups in total. The van der Waals surface area contributed by atoms with Gasteiger partial charge in [-0.2, -0.15) is 0 Å². The highest BCUT2D eigenvalue weighted by molar-refractivity contribution is 7.52. The van der Waals surface area contributed by atoms with E-state index in [-0.39, 0.29) is 18.7 Å². The van der Waals surface area contributed by atoms with Crippen LogP contribution in [0, 0.1) is 16.0 Å². The van der Waals surface area contributed by atoms with E-state index in [0.717, 1.165) is 0 Å². The van der Waals surface area contributed by atoms with Crippen molar-refractivity contribution in [1.82, 2.24) is 0 Å². The van der Waals surface area contributed by atoms with Crippen molar-refractivity contribution in [1.29, 1.82) is 0 Å². The molecule has 0 radical (unpaired) electrons. The van der Waals surface area contributed by atoms with Gasteiger partial charge < -0.3 is 14.3 Å². The van der Waals surface area contributed by atoms with Gasteiger partial charge in [0.1, 0.15) is 6.10 Å². The number of hydrogen-bond donors (Lipinski definition) is 1. The highest BCUT2D eigenvalue weighted by atomic mass is 31.2. The third-order valence-electron chi connectivity index (χ3n) is 2.50. The van der Waals surface area contributed by atoms with Crippen LogP contribution in [0.2, 0.25) is 0 Å². The Bertz CT molecular complexity index is 310. The number of unbranched alkanes of at least 4 members (excludes halogenated alkanes) is 1. The molecule has 0 bridgehead atoms. The minimum absolute atomic E-state index is 0.105. The maximum absolute atomic E-state index is 11.5. The van der Waals surface area contributed by atoms with E-state index < -0.39 is 18.8 Å². The standard InChI is InChI=1S/C11H24NO6P/c1-4-11(18-12(13)14)7-5-6-8-17-19(15,16)9-10(2)3/h10-11H,4-9H2,1-3H3,(H,15,16)/t11-/m1/s1. The van der Waals surface area contributed by atoms with Gasteiger partial charge in [0.2, 0.25) is 0 Å². The zero-order valence-electron chi connectivity index (χ0n) is 11.8.